The minimum absolute atomic E-state index is 0.0655. The molecule has 1 N–H and O–H groups in total. The van der Waals surface area contributed by atoms with Crippen LogP contribution in [0.25, 0.3) is 0 Å². The van der Waals surface area contributed by atoms with Gasteiger partial charge in [-0.3, -0.25) is 4.79 Å². The molecule has 5 heteroatoms. The van der Waals surface area contributed by atoms with E-state index in [4.69, 9.17) is 0 Å². The Morgan fingerprint density at radius 3 is 2.50 bits per heavy atom. The van der Waals surface area contributed by atoms with Crippen molar-refractivity contribution in [1.29, 1.82) is 0 Å². The van der Waals surface area contributed by atoms with Crippen LogP contribution in [0.1, 0.15) is 40.0 Å². The topological polar surface area (TPSA) is 60.9 Å². The number of hydrogen-bond acceptors (Lipinski definition) is 2. The van der Waals surface area contributed by atoms with Crippen molar-refractivity contribution < 1.29 is 14.7 Å². The fraction of sp³-hybridized carbons (Fsp3) is 0.846. The summed E-state index contributed by atoms with van der Waals surface area (Å²) < 4.78 is 0. The first-order valence-electron chi connectivity index (χ1n) is 6.59. The Morgan fingerprint density at radius 1 is 1.44 bits per heavy atom. The summed E-state index contributed by atoms with van der Waals surface area (Å²) in [5.41, 5.74) is -0.734. The Kier molecular flexibility index (Phi) is 4.59. The van der Waals surface area contributed by atoms with Gasteiger partial charge in [0.05, 0.1) is 5.41 Å². The molecule has 1 heterocycles. The van der Waals surface area contributed by atoms with Gasteiger partial charge in [-0.05, 0) is 26.7 Å². The second-order valence-electron chi connectivity index (χ2n) is 5.49. The van der Waals surface area contributed by atoms with E-state index in [0.29, 0.717) is 25.9 Å². The molecule has 0 aromatic heterocycles. The molecule has 1 fully saturated rings. The first-order chi connectivity index (χ1) is 8.34. The summed E-state index contributed by atoms with van der Waals surface area (Å²) in [6, 6.07) is 0.0627. The van der Waals surface area contributed by atoms with Gasteiger partial charge < -0.3 is 14.9 Å². The normalized spacial score (nSPS) is 23.5. The van der Waals surface area contributed by atoms with Crippen molar-refractivity contribution >= 4 is 12.0 Å². The molecule has 2 amide bonds. The fourth-order valence-electron chi connectivity index (χ4n) is 2.44. The summed E-state index contributed by atoms with van der Waals surface area (Å²) in [7, 11) is 1.76. The lowest BCUT2D eigenvalue weighted by atomic mass is 9.83. The lowest BCUT2D eigenvalue weighted by Gasteiger charge is -2.29. The first kappa shape index (κ1) is 14.8. The predicted molar refractivity (Wildman–Crippen MR) is 69.5 cm³/mol. The summed E-state index contributed by atoms with van der Waals surface area (Å²) >= 11 is 0. The summed E-state index contributed by atoms with van der Waals surface area (Å²) in [5, 5.41) is 9.39. The molecule has 1 saturated heterocycles. The molecule has 0 aromatic rings. The van der Waals surface area contributed by atoms with Crippen molar-refractivity contribution in [3.8, 4) is 0 Å². The van der Waals surface area contributed by atoms with Gasteiger partial charge in [0.1, 0.15) is 0 Å². The van der Waals surface area contributed by atoms with E-state index in [1.807, 2.05) is 20.8 Å². The van der Waals surface area contributed by atoms with E-state index in [-0.39, 0.29) is 12.1 Å². The number of hydrogen-bond donors (Lipinski definition) is 1. The van der Waals surface area contributed by atoms with Gasteiger partial charge in [0.15, 0.2) is 0 Å². The van der Waals surface area contributed by atoms with E-state index in [1.54, 1.807) is 16.8 Å². The SMILES string of the molecule is CCCC1(C(=O)O)CCN(C(=O)N(C)C(C)C)C1. The van der Waals surface area contributed by atoms with Gasteiger partial charge in [-0.1, -0.05) is 13.3 Å². The van der Waals surface area contributed by atoms with Crippen molar-refractivity contribution in [3.05, 3.63) is 0 Å². The number of carbonyl (C=O) groups excluding carboxylic acids is 1. The van der Waals surface area contributed by atoms with Crippen LogP contribution in [-0.2, 0) is 4.79 Å². The molecule has 0 bridgehead atoms. The third kappa shape index (κ3) is 2.76. The highest BCUT2D eigenvalue weighted by molar-refractivity contribution is 5.79. The van der Waals surface area contributed by atoms with Crippen LogP contribution in [0.3, 0.4) is 0 Å². The molecular formula is C13H24N2O3. The zero-order valence-electron chi connectivity index (χ0n) is 11.8. The quantitative estimate of drug-likeness (QED) is 0.837. The Bertz CT molecular complexity index is 330. The van der Waals surface area contributed by atoms with Gasteiger partial charge in [0.2, 0.25) is 0 Å². The summed E-state index contributed by atoms with van der Waals surface area (Å²) in [6.45, 7) is 6.76. The van der Waals surface area contributed by atoms with E-state index in [1.165, 1.54) is 0 Å². The number of carboxylic acids is 1. The van der Waals surface area contributed by atoms with E-state index < -0.39 is 11.4 Å². The van der Waals surface area contributed by atoms with E-state index in [0.717, 1.165) is 6.42 Å². The van der Waals surface area contributed by atoms with E-state index in [9.17, 15) is 14.7 Å². The Balaban J connectivity index is 2.75. The molecule has 104 valence electrons. The van der Waals surface area contributed by atoms with Crippen molar-refractivity contribution in [2.45, 2.75) is 46.1 Å². The van der Waals surface area contributed by atoms with Crippen LogP contribution < -0.4 is 0 Å². The molecule has 1 unspecified atom stereocenters. The monoisotopic (exact) mass is 256 g/mol. The van der Waals surface area contributed by atoms with Crippen LogP contribution in [0, 0.1) is 5.41 Å². The number of likely N-dealkylation sites (tertiary alicyclic amines) is 1. The number of aliphatic carboxylic acids is 1. The maximum atomic E-state index is 12.2. The molecule has 18 heavy (non-hydrogen) atoms. The highest BCUT2D eigenvalue weighted by Crippen LogP contribution is 2.36. The van der Waals surface area contributed by atoms with Crippen molar-refractivity contribution in [2.24, 2.45) is 5.41 Å². The maximum Gasteiger partial charge on any atom is 0.320 e. The Hall–Kier alpha value is -1.26. The van der Waals surface area contributed by atoms with Crippen LogP contribution in [0.4, 0.5) is 4.79 Å². The highest BCUT2D eigenvalue weighted by atomic mass is 16.4. The second-order valence-corrected chi connectivity index (χ2v) is 5.49. The molecule has 1 aliphatic heterocycles. The smallest absolute Gasteiger partial charge is 0.320 e. The summed E-state index contributed by atoms with van der Waals surface area (Å²) in [6.07, 6.45) is 2.03. The molecule has 1 atom stereocenters. The molecular weight excluding hydrogens is 232 g/mol. The minimum Gasteiger partial charge on any atom is -0.481 e. The number of nitrogens with zero attached hydrogens (tertiary/aromatic N) is 2. The molecule has 0 saturated carbocycles. The predicted octanol–water partition coefficient (Wildman–Crippen LogP) is 2.02. The molecule has 1 rings (SSSR count). The minimum atomic E-state index is -0.771. The van der Waals surface area contributed by atoms with E-state index in [2.05, 4.69) is 0 Å². The molecule has 0 aromatic carbocycles. The average Bonchev–Trinajstić information content (AvgIpc) is 2.73. The standard InChI is InChI=1S/C13H24N2O3/c1-5-6-13(11(16)17)7-8-15(9-13)12(18)14(4)10(2)3/h10H,5-9H2,1-4H3,(H,16,17). The van der Waals surface area contributed by atoms with Gasteiger partial charge in [-0.2, -0.15) is 0 Å². The zero-order chi connectivity index (χ0) is 13.9. The number of urea groups is 1. The van der Waals surface area contributed by atoms with Gasteiger partial charge in [0, 0.05) is 26.2 Å². The molecule has 0 radical (unpaired) electrons. The van der Waals surface area contributed by atoms with Crippen LogP contribution in [0.5, 0.6) is 0 Å². The number of carbonyl (C=O) groups is 2. The maximum absolute atomic E-state index is 12.2. The van der Waals surface area contributed by atoms with Crippen molar-refractivity contribution in [2.75, 3.05) is 20.1 Å². The van der Waals surface area contributed by atoms with Crippen LogP contribution in [0.2, 0.25) is 0 Å². The Morgan fingerprint density at radius 2 is 2.06 bits per heavy atom. The van der Waals surface area contributed by atoms with Gasteiger partial charge in [0.25, 0.3) is 0 Å². The molecule has 1 aliphatic rings. The first-order valence-corrected chi connectivity index (χ1v) is 6.59. The van der Waals surface area contributed by atoms with Crippen molar-refractivity contribution in [3.63, 3.8) is 0 Å². The van der Waals surface area contributed by atoms with Gasteiger partial charge >= 0.3 is 12.0 Å². The van der Waals surface area contributed by atoms with Gasteiger partial charge in [-0.15, -0.1) is 0 Å². The molecule has 0 aliphatic carbocycles. The van der Waals surface area contributed by atoms with Crippen LogP contribution in [-0.4, -0.2) is 53.1 Å². The lowest BCUT2D eigenvalue weighted by Crippen LogP contribution is -2.45. The Labute approximate surface area is 109 Å². The lowest BCUT2D eigenvalue weighted by molar-refractivity contribution is -0.148. The average molecular weight is 256 g/mol. The summed E-state index contributed by atoms with van der Waals surface area (Å²) in [4.78, 5) is 26.9. The van der Waals surface area contributed by atoms with E-state index >= 15 is 0 Å². The van der Waals surface area contributed by atoms with Crippen LogP contribution >= 0.6 is 0 Å². The van der Waals surface area contributed by atoms with Crippen molar-refractivity contribution in [1.82, 2.24) is 9.80 Å². The van der Waals surface area contributed by atoms with Crippen LogP contribution in [0.15, 0.2) is 0 Å². The fourth-order valence-corrected chi connectivity index (χ4v) is 2.44. The number of rotatable bonds is 4. The highest BCUT2D eigenvalue weighted by Gasteiger charge is 2.45. The summed E-state index contributed by atoms with van der Waals surface area (Å²) in [5.74, 6) is -0.771. The third-order valence-corrected chi connectivity index (χ3v) is 3.88. The largest absolute Gasteiger partial charge is 0.481 e. The number of amides is 2. The second kappa shape index (κ2) is 5.59. The van der Waals surface area contributed by atoms with Gasteiger partial charge in [-0.25, -0.2) is 4.79 Å². The zero-order valence-corrected chi connectivity index (χ0v) is 11.8. The third-order valence-electron chi connectivity index (χ3n) is 3.88. The molecule has 0 spiro atoms. The molecule has 5 nitrogen and oxygen atoms in total. The number of carboxylic acid groups (broad SMARTS) is 1.